The highest BCUT2D eigenvalue weighted by atomic mass is 16.5. The molecule has 0 atom stereocenters. The zero-order chi connectivity index (χ0) is 18.6. The Bertz CT molecular complexity index is 1070. The summed E-state index contributed by atoms with van der Waals surface area (Å²) in [6, 6.07) is 15.1. The summed E-state index contributed by atoms with van der Waals surface area (Å²) in [5.41, 5.74) is 5.40. The summed E-state index contributed by atoms with van der Waals surface area (Å²) in [6.07, 6.45) is 3.93. The number of para-hydroxylation sites is 2. The van der Waals surface area contributed by atoms with Crippen LogP contribution in [0.1, 0.15) is 12.3 Å². The Morgan fingerprint density at radius 2 is 1.96 bits per heavy atom. The number of aromatic nitrogens is 3. The van der Waals surface area contributed by atoms with Crippen LogP contribution in [-0.4, -0.2) is 27.7 Å². The van der Waals surface area contributed by atoms with Gasteiger partial charge in [-0.3, -0.25) is 10.2 Å². The number of fused-ring (bicyclic) bond motifs is 1. The second kappa shape index (κ2) is 7.33. The summed E-state index contributed by atoms with van der Waals surface area (Å²) < 4.78 is 12.5. The van der Waals surface area contributed by atoms with Crippen molar-refractivity contribution < 1.29 is 13.9 Å². The first kappa shape index (κ1) is 16.8. The van der Waals surface area contributed by atoms with Crippen molar-refractivity contribution in [3.63, 3.8) is 0 Å². The molecule has 0 radical (unpaired) electrons. The van der Waals surface area contributed by atoms with Gasteiger partial charge in [0.1, 0.15) is 12.1 Å². The van der Waals surface area contributed by atoms with E-state index in [1.807, 2.05) is 48.5 Å². The maximum Gasteiger partial charge on any atom is 0.239 e. The topological polar surface area (TPSA) is 82.2 Å². The SMILES string of the molecule is COc1ccc(-c2cnc(CCC(=O)Nn3cnc4ccccc43)o2)cc1. The number of nitrogens with zero attached hydrogens (tertiary/aromatic N) is 3. The number of oxazole rings is 1. The lowest BCUT2D eigenvalue weighted by Crippen LogP contribution is -2.22. The van der Waals surface area contributed by atoms with Crippen molar-refractivity contribution in [2.45, 2.75) is 12.8 Å². The molecule has 0 saturated heterocycles. The van der Waals surface area contributed by atoms with E-state index in [4.69, 9.17) is 9.15 Å². The Hall–Kier alpha value is -3.61. The van der Waals surface area contributed by atoms with Crippen molar-refractivity contribution in [1.82, 2.24) is 14.6 Å². The fourth-order valence-electron chi connectivity index (χ4n) is 2.77. The molecule has 0 saturated carbocycles. The number of rotatable bonds is 6. The predicted molar refractivity (Wildman–Crippen MR) is 101 cm³/mol. The van der Waals surface area contributed by atoms with Crippen molar-refractivity contribution in [2.75, 3.05) is 12.5 Å². The third-order valence-corrected chi connectivity index (χ3v) is 4.19. The number of hydrogen-bond donors (Lipinski definition) is 1. The molecule has 0 aliphatic heterocycles. The Morgan fingerprint density at radius 3 is 2.78 bits per heavy atom. The zero-order valence-corrected chi connectivity index (χ0v) is 14.8. The minimum atomic E-state index is -0.137. The van der Waals surface area contributed by atoms with Crippen LogP contribution in [-0.2, 0) is 11.2 Å². The predicted octanol–water partition coefficient (Wildman–Crippen LogP) is 3.40. The van der Waals surface area contributed by atoms with Crippen molar-refractivity contribution >= 4 is 16.9 Å². The first-order valence-corrected chi connectivity index (χ1v) is 8.54. The van der Waals surface area contributed by atoms with Crippen LogP contribution in [0.5, 0.6) is 5.75 Å². The fourth-order valence-corrected chi connectivity index (χ4v) is 2.77. The minimum Gasteiger partial charge on any atom is -0.497 e. The van der Waals surface area contributed by atoms with Crippen LogP contribution >= 0.6 is 0 Å². The summed E-state index contributed by atoms with van der Waals surface area (Å²) in [7, 11) is 1.62. The molecule has 7 heteroatoms. The van der Waals surface area contributed by atoms with E-state index in [2.05, 4.69) is 15.4 Å². The van der Waals surface area contributed by atoms with Gasteiger partial charge in [0.25, 0.3) is 0 Å². The van der Waals surface area contributed by atoms with Gasteiger partial charge in [-0.25, -0.2) is 14.6 Å². The molecule has 0 aliphatic carbocycles. The van der Waals surface area contributed by atoms with Crippen LogP contribution in [0, 0.1) is 0 Å². The van der Waals surface area contributed by atoms with E-state index in [0.29, 0.717) is 18.1 Å². The average Bonchev–Trinajstić information content (AvgIpc) is 3.34. The molecule has 0 fully saturated rings. The van der Waals surface area contributed by atoms with Gasteiger partial charge >= 0.3 is 0 Å². The van der Waals surface area contributed by atoms with Gasteiger partial charge in [0.15, 0.2) is 11.7 Å². The maximum absolute atomic E-state index is 12.2. The van der Waals surface area contributed by atoms with Crippen LogP contribution in [0.15, 0.2) is 65.5 Å². The molecule has 4 rings (SSSR count). The number of aryl methyl sites for hydroxylation is 1. The van der Waals surface area contributed by atoms with Crippen LogP contribution in [0.25, 0.3) is 22.4 Å². The molecule has 4 aromatic rings. The zero-order valence-electron chi connectivity index (χ0n) is 14.8. The largest absolute Gasteiger partial charge is 0.497 e. The third-order valence-electron chi connectivity index (χ3n) is 4.19. The van der Waals surface area contributed by atoms with Crippen molar-refractivity contribution in [2.24, 2.45) is 0 Å². The lowest BCUT2D eigenvalue weighted by Gasteiger charge is -2.06. The quantitative estimate of drug-likeness (QED) is 0.568. The maximum atomic E-state index is 12.2. The number of amides is 1. The third kappa shape index (κ3) is 3.67. The molecule has 2 aromatic heterocycles. The van der Waals surface area contributed by atoms with E-state index < -0.39 is 0 Å². The molecule has 136 valence electrons. The summed E-state index contributed by atoms with van der Waals surface area (Å²) in [4.78, 5) is 20.7. The molecular formula is C20H18N4O3. The molecule has 0 bridgehead atoms. The molecule has 1 N–H and O–H groups in total. The molecule has 0 unspecified atom stereocenters. The Balaban J connectivity index is 1.37. The van der Waals surface area contributed by atoms with E-state index in [1.165, 1.54) is 0 Å². The van der Waals surface area contributed by atoms with E-state index in [1.54, 1.807) is 24.3 Å². The van der Waals surface area contributed by atoms with Gasteiger partial charge in [-0.15, -0.1) is 0 Å². The Kier molecular flexibility index (Phi) is 4.57. The van der Waals surface area contributed by atoms with Gasteiger partial charge in [-0.2, -0.15) is 0 Å². The van der Waals surface area contributed by atoms with Crippen molar-refractivity contribution in [3.8, 4) is 17.1 Å². The van der Waals surface area contributed by atoms with Gasteiger partial charge in [0.2, 0.25) is 5.91 Å². The highest BCUT2D eigenvalue weighted by Crippen LogP contribution is 2.23. The average molecular weight is 362 g/mol. The van der Waals surface area contributed by atoms with Crippen LogP contribution in [0.3, 0.4) is 0 Å². The molecular weight excluding hydrogens is 344 g/mol. The summed E-state index contributed by atoms with van der Waals surface area (Å²) in [5.74, 6) is 1.82. The minimum absolute atomic E-state index is 0.137. The van der Waals surface area contributed by atoms with E-state index >= 15 is 0 Å². The smallest absolute Gasteiger partial charge is 0.239 e. The number of hydrogen-bond acceptors (Lipinski definition) is 5. The van der Waals surface area contributed by atoms with Gasteiger partial charge in [0, 0.05) is 18.4 Å². The molecule has 0 aliphatic rings. The summed E-state index contributed by atoms with van der Waals surface area (Å²) >= 11 is 0. The lowest BCUT2D eigenvalue weighted by atomic mass is 10.2. The highest BCUT2D eigenvalue weighted by molar-refractivity contribution is 5.86. The van der Waals surface area contributed by atoms with Gasteiger partial charge in [-0.1, -0.05) is 12.1 Å². The Labute approximate surface area is 155 Å². The van der Waals surface area contributed by atoms with Gasteiger partial charge in [-0.05, 0) is 36.4 Å². The number of ether oxygens (including phenoxy) is 1. The number of imidazole rings is 1. The molecule has 0 spiro atoms. The number of methoxy groups -OCH3 is 1. The first-order chi connectivity index (χ1) is 13.2. The highest BCUT2D eigenvalue weighted by Gasteiger charge is 2.10. The molecule has 7 nitrogen and oxygen atoms in total. The number of nitrogens with one attached hydrogen (secondary N) is 1. The summed E-state index contributed by atoms with van der Waals surface area (Å²) in [5, 5.41) is 0. The normalized spacial score (nSPS) is 10.9. The monoisotopic (exact) mass is 362 g/mol. The van der Waals surface area contributed by atoms with Crippen molar-refractivity contribution in [3.05, 3.63) is 66.9 Å². The van der Waals surface area contributed by atoms with Crippen molar-refractivity contribution in [1.29, 1.82) is 0 Å². The van der Waals surface area contributed by atoms with Crippen LogP contribution in [0.2, 0.25) is 0 Å². The first-order valence-electron chi connectivity index (χ1n) is 8.54. The second-order valence-electron chi connectivity index (χ2n) is 5.99. The van der Waals surface area contributed by atoms with E-state index in [9.17, 15) is 4.79 Å². The number of carbonyl (C=O) groups excluding carboxylic acids is 1. The number of benzene rings is 2. The molecule has 27 heavy (non-hydrogen) atoms. The second-order valence-corrected chi connectivity index (χ2v) is 5.99. The molecule has 2 aromatic carbocycles. The van der Waals surface area contributed by atoms with E-state index in [-0.39, 0.29) is 12.3 Å². The van der Waals surface area contributed by atoms with Crippen LogP contribution < -0.4 is 10.2 Å². The lowest BCUT2D eigenvalue weighted by molar-refractivity contribution is -0.117. The van der Waals surface area contributed by atoms with Gasteiger partial charge in [0.05, 0.1) is 24.3 Å². The van der Waals surface area contributed by atoms with E-state index in [0.717, 1.165) is 22.3 Å². The molecule has 2 heterocycles. The molecule has 1 amide bonds. The van der Waals surface area contributed by atoms with Crippen LogP contribution in [0.4, 0.5) is 0 Å². The Morgan fingerprint density at radius 1 is 1.15 bits per heavy atom. The fraction of sp³-hybridized carbons (Fsp3) is 0.150. The summed E-state index contributed by atoms with van der Waals surface area (Å²) in [6.45, 7) is 0. The standard InChI is InChI=1S/C20H18N4O3/c1-26-15-8-6-14(7-9-15)18-12-21-20(27-18)11-10-19(25)23-24-13-22-16-4-2-3-5-17(16)24/h2-9,12-13H,10-11H2,1H3,(H,23,25). The number of carbonyl (C=O) groups is 1. The van der Waals surface area contributed by atoms with Gasteiger partial charge < -0.3 is 9.15 Å².